The predicted molar refractivity (Wildman–Crippen MR) is 117 cm³/mol. The maximum Gasteiger partial charge on any atom is 0.451 e. The van der Waals surface area contributed by atoms with E-state index in [0.717, 1.165) is 0 Å². The van der Waals surface area contributed by atoms with Gasteiger partial charge in [-0.1, -0.05) is 6.07 Å². The van der Waals surface area contributed by atoms with Crippen LogP contribution >= 0.6 is 0 Å². The zero-order valence-corrected chi connectivity index (χ0v) is 18.7. The molecule has 1 heterocycles. The van der Waals surface area contributed by atoms with Gasteiger partial charge in [-0.05, 0) is 38.2 Å². The van der Waals surface area contributed by atoms with Crippen LogP contribution in [0.15, 0.2) is 12.1 Å². The molecule has 0 aromatic heterocycles. The molecule has 0 spiro atoms. The molecule has 0 saturated carbocycles. The van der Waals surface area contributed by atoms with Crippen molar-refractivity contribution < 1.29 is 50.7 Å². The van der Waals surface area contributed by atoms with E-state index < -0.39 is 60.4 Å². The van der Waals surface area contributed by atoms with Crippen LogP contribution in [0.25, 0.3) is 0 Å². The van der Waals surface area contributed by atoms with Crippen LogP contribution in [0.2, 0.25) is 7.73 Å². The topological polar surface area (TPSA) is 206 Å². The van der Waals surface area contributed by atoms with Crippen molar-refractivity contribution in [3.05, 3.63) is 23.3 Å². The van der Waals surface area contributed by atoms with E-state index >= 15 is 0 Å². The average molecular weight is 482 g/mol. The summed E-state index contributed by atoms with van der Waals surface area (Å²) in [5.74, 6) is -4.78. The predicted octanol–water partition coefficient (Wildman–Crippen LogP) is -1.74. The lowest BCUT2D eigenvalue weighted by Gasteiger charge is -2.38. The molecule has 2 amide bonds. The SMILES string of the molecule is [2H]N(C(=O)CN1CC(Oc2ccc(CCB(O)O)c(O)c2C(=O)O)C1)[C@H](C)C(=O)N[C@@H](C)C(=O)O. The van der Waals surface area contributed by atoms with Crippen molar-refractivity contribution in [3.8, 4) is 11.5 Å². The Morgan fingerprint density at radius 2 is 1.85 bits per heavy atom. The van der Waals surface area contributed by atoms with Crippen molar-refractivity contribution in [3.63, 3.8) is 0 Å². The van der Waals surface area contributed by atoms with Gasteiger partial charge in [-0.15, -0.1) is 0 Å². The van der Waals surface area contributed by atoms with Crippen LogP contribution in [-0.2, 0) is 20.8 Å². The Bertz CT molecular complexity index is 973. The minimum atomic E-state index is -1.60. The fourth-order valence-corrected chi connectivity index (χ4v) is 3.22. The van der Waals surface area contributed by atoms with Gasteiger partial charge < -0.3 is 40.7 Å². The quantitative estimate of drug-likeness (QED) is 0.167. The third-order valence-electron chi connectivity index (χ3n) is 5.13. The summed E-state index contributed by atoms with van der Waals surface area (Å²) in [4.78, 5) is 48.4. The normalized spacial score (nSPS) is 15.9. The van der Waals surface area contributed by atoms with Crippen molar-refractivity contribution in [2.45, 2.75) is 44.8 Å². The highest BCUT2D eigenvalue weighted by atomic mass is 16.5. The minimum absolute atomic E-state index is 0.0403. The Morgan fingerprint density at radius 1 is 1.21 bits per heavy atom. The number of amides is 2. The van der Waals surface area contributed by atoms with Crippen LogP contribution in [0.5, 0.6) is 11.5 Å². The fraction of sp³-hybridized carbons (Fsp3) is 0.500. The second-order valence-corrected chi connectivity index (χ2v) is 7.97. The van der Waals surface area contributed by atoms with Gasteiger partial charge in [-0.2, -0.15) is 0 Å². The van der Waals surface area contributed by atoms with E-state index in [1.165, 1.54) is 26.0 Å². The van der Waals surface area contributed by atoms with E-state index in [4.69, 9.17) is 21.3 Å². The van der Waals surface area contributed by atoms with Gasteiger partial charge in [0.15, 0.2) is 1.41 Å². The molecule has 1 aliphatic heterocycles. The maximum absolute atomic E-state index is 12.3. The number of rotatable bonds is 12. The summed E-state index contributed by atoms with van der Waals surface area (Å²) >= 11 is 0. The summed E-state index contributed by atoms with van der Waals surface area (Å²) in [6, 6.07) is 0.395. The molecule has 1 fully saturated rings. The first-order valence-electron chi connectivity index (χ1n) is 10.9. The van der Waals surface area contributed by atoms with Gasteiger partial charge in [0.2, 0.25) is 11.8 Å². The number of carboxylic acid groups (broad SMARTS) is 2. The molecular formula is C20H28BN3O10. The first-order chi connectivity index (χ1) is 16.3. The Morgan fingerprint density at radius 3 is 2.41 bits per heavy atom. The number of carbonyl (C=O) groups is 4. The summed E-state index contributed by atoms with van der Waals surface area (Å²) in [6.07, 6.45) is -0.551. The molecular weight excluding hydrogens is 453 g/mol. The summed E-state index contributed by atoms with van der Waals surface area (Å²) in [7, 11) is -1.60. The van der Waals surface area contributed by atoms with E-state index in [-0.39, 0.29) is 43.7 Å². The third kappa shape index (κ3) is 7.33. The van der Waals surface area contributed by atoms with E-state index in [2.05, 4.69) is 5.32 Å². The molecule has 34 heavy (non-hydrogen) atoms. The van der Waals surface area contributed by atoms with Crippen LogP contribution in [0.1, 0.15) is 29.8 Å². The van der Waals surface area contributed by atoms with Gasteiger partial charge in [0.05, 0.1) is 6.54 Å². The molecule has 0 unspecified atom stereocenters. The van der Waals surface area contributed by atoms with Gasteiger partial charge in [-0.25, -0.2) is 4.79 Å². The van der Waals surface area contributed by atoms with Gasteiger partial charge in [-0.3, -0.25) is 19.3 Å². The van der Waals surface area contributed by atoms with Crippen molar-refractivity contribution >= 4 is 30.9 Å². The molecule has 2 atom stereocenters. The lowest BCUT2D eigenvalue weighted by molar-refractivity contribution is -0.141. The number of carbonyl (C=O) groups excluding carboxylic acids is 2. The zero-order valence-electron chi connectivity index (χ0n) is 19.7. The number of aromatic hydroxyl groups is 1. The van der Waals surface area contributed by atoms with Crippen molar-refractivity contribution in [1.29, 1.82) is 0 Å². The highest BCUT2D eigenvalue weighted by molar-refractivity contribution is 6.41. The molecule has 14 heteroatoms. The number of nitrogens with one attached hydrogen (secondary N) is 2. The van der Waals surface area contributed by atoms with E-state index in [1.807, 2.05) is 0 Å². The monoisotopic (exact) mass is 482 g/mol. The van der Waals surface area contributed by atoms with Crippen LogP contribution in [0, 0.1) is 0 Å². The zero-order chi connectivity index (χ0) is 26.4. The number of hydrogen-bond acceptors (Lipinski definition) is 9. The molecule has 0 aliphatic carbocycles. The Kier molecular flexibility index (Phi) is 8.68. The largest absolute Gasteiger partial charge is 0.507 e. The van der Waals surface area contributed by atoms with Gasteiger partial charge in [0.25, 0.3) is 0 Å². The molecule has 186 valence electrons. The van der Waals surface area contributed by atoms with Crippen LogP contribution in [0.4, 0.5) is 0 Å². The molecule has 1 aromatic carbocycles. The number of likely N-dealkylation sites (tertiary alicyclic amines) is 1. The number of nitrogens with zero attached hydrogens (tertiary/aromatic N) is 1. The standard InChI is InChI=1S/C20H28BN3O10/c1-10(18(27)23-11(2)19(28)29)22-15(25)9-24-7-13(8-24)34-14-4-3-12(5-6-21(32)33)17(26)16(14)20(30)31/h3-4,10-11,13,26,32-33H,5-9H2,1-2H3,(H,22,25)(H,23,27)(H,28,29)(H,30,31)/t10-,11+/m1/s1/i/hD. The van der Waals surface area contributed by atoms with E-state index in [0.29, 0.717) is 5.31 Å². The summed E-state index contributed by atoms with van der Waals surface area (Å²) < 4.78 is 13.5. The molecule has 1 aliphatic rings. The number of aliphatic carboxylic acids is 1. The Hall–Kier alpha value is -3.36. The first-order valence-corrected chi connectivity index (χ1v) is 10.5. The highest BCUT2D eigenvalue weighted by Crippen LogP contribution is 2.33. The Balaban J connectivity index is 1.91. The lowest BCUT2D eigenvalue weighted by Crippen LogP contribution is -2.58. The van der Waals surface area contributed by atoms with Crippen LogP contribution in [-0.4, -0.2) is 99.0 Å². The molecule has 7 N–H and O–H groups in total. The molecule has 0 bridgehead atoms. The highest BCUT2D eigenvalue weighted by Gasteiger charge is 2.32. The molecule has 13 nitrogen and oxygen atoms in total. The fourth-order valence-electron chi connectivity index (χ4n) is 3.22. The number of aromatic carboxylic acids is 1. The van der Waals surface area contributed by atoms with Gasteiger partial charge >= 0.3 is 19.1 Å². The van der Waals surface area contributed by atoms with Gasteiger partial charge in [0.1, 0.15) is 35.3 Å². The number of phenols is 1. The maximum atomic E-state index is 12.3. The second kappa shape index (κ2) is 11.7. The third-order valence-corrected chi connectivity index (χ3v) is 5.13. The van der Waals surface area contributed by atoms with E-state index in [1.54, 1.807) is 4.90 Å². The molecule has 1 aromatic rings. The molecule has 0 radical (unpaired) electrons. The smallest absolute Gasteiger partial charge is 0.451 e. The Labute approximate surface area is 196 Å². The summed E-state index contributed by atoms with van der Waals surface area (Å²) in [6.45, 7) is 2.77. The molecule has 2 rings (SSSR count). The first kappa shape index (κ1) is 25.3. The number of aryl methyl sites for hydroxylation is 1. The van der Waals surface area contributed by atoms with Crippen LogP contribution in [0.3, 0.4) is 0 Å². The average Bonchev–Trinajstić information content (AvgIpc) is 2.75. The van der Waals surface area contributed by atoms with Crippen LogP contribution < -0.4 is 15.4 Å². The second-order valence-electron chi connectivity index (χ2n) is 7.97. The lowest BCUT2D eigenvalue weighted by atomic mass is 9.82. The summed E-state index contributed by atoms with van der Waals surface area (Å²) in [5, 5.41) is 49.2. The molecule has 1 saturated heterocycles. The minimum Gasteiger partial charge on any atom is -0.507 e. The number of benzene rings is 1. The number of carboxylic acids is 2. The van der Waals surface area contributed by atoms with E-state index in [9.17, 15) is 29.4 Å². The van der Waals surface area contributed by atoms with Crippen molar-refractivity contribution in [2.75, 3.05) is 19.6 Å². The number of hydrogen-bond donors (Lipinski definition) is 7. The van der Waals surface area contributed by atoms with Crippen molar-refractivity contribution in [1.82, 2.24) is 15.5 Å². The number of ether oxygens (including phenoxy) is 1. The van der Waals surface area contributed by atoms with Gasteiger partial charge in [0, 0.05) is 13.1 Å². The van der Waals surface area contributed by atoms with Crippen molar-refractivity contribution in [2.24, 2.45) is 0 Å². The summed E-state index contributed by atoms with van der Waals surface area (Å²) in [5.41, 5.74) is -0.243.